The maximum atomic E-state index is 13.5. The Kier molecular flexibility index (Phi) is 12.2. The number of rotatable bonds is 12. The number of piperidine rings is 2. The number of aliphatic imine (C=N–C) groups is 1. The van der Waals surface area contributed by atoms with Gasteiger partial charge in [0, 0.05) is 82.6 Å². The van der Waals surface area contributed by atoms with Gasteiger partial charge in [0.05, 0.1) is 5.70 Å². The second kappa shape index (κ2) is 17.8. The van der Waals surface area contributed by atoms with Crippen LogP contribution in [0.3, 0.4) is 0 Å². The van der Waals surface area contributed by atoms with Crippen LogP contribution in [0.1, 0.15) is 60.9 Å². The number of para-hydroxylation sites is 1. The monoisotopic (exact) mass is 817 g/mol. The lowest BCUT2D eigenvalue weighted by Crippen LogP contribution is -2.61. The molecule has 0 saturated carbocycles. The summed E-state index contributed by atoms with van der Waals surface area (Å²) in [5.74, 6) is 1.18. The van der Waals surface area contributed by atoms with Gasteiger partial charge in [0.2, 0.25) is 5.91 Å². The number of amides is 5. The largest absolute Gasteiger partial charge is 0.457 e. The van der Waals surface area contributed by atoms with Gasteiger partial charge < -0.3 is 36.4 Å². The average Bonchev–Trinajstić information content (AvgIpc) is 3.25. The molecule has 5 aliphatic rings. The molecule has 5 heterocycles. The van der Waals surface area contributed by atoms with Gasteiger partial charge in [0.15, 0.2) is 0 Å². The van der Waals surface area contributed by atoms with Crippen molar-refractivity contribution in [3.8, 4) is 11.5 Å². The first-order valence-electron chi connectivity index (χ1n) is 21.1. The number of aliphatic hydroxyl groups excluding tert-OH is 1. The minimum absolute atomic E-state index is 0.0409. The number of urea groups is 1. The molecule has 0 aromatic heterocycles. The normalized spacial score (nSPS) is 22.2. The van der Waals surface area contributed by atoms with Crippen molar-refractivity contribution >= 4 is 41.0 Å². The topological polar surface area (TPSA) is 199 Å². The van der Waals surface area contributed by atoms with Gasteiger partial charge >= 0.3 is 6.03 Å². The van der Waals surface area contributed by atoms with Crippen LogP contribution in [0.4, 0.5) is 10.5 Å². The molecule has 15 heteroatoms. The molecule has 0 aliphatic carbocycles. The highest BCUT2D eigenvalue weighted by Crippen LogP contribution is 2.41. The number of amidine groups is 1. The third-order valence-electron chi connectivity index (χ3n) is 12.9. The number of hydrogen-bond donors (Lipinski definition) is 5. The first-order valence-corrected chi connectivity index (χ1v) is 21.1. The van der Waals surface area contributed by atoms with E-state index in [1.807, 2.05) is 47.4 Å². The number of likely N-dealkylation sites (tertiary alicyclic amines) is 3. The van der Waals surface area contributed by atoms with Gasteiger partial charge in [0.1, 0.15) is 29.1 Å². The third-order valence-corrected chi connectivity index (χ3v) is 12.9. The van der Waals surface area contributed by atoms with Crippen molar-refractivity contribution in [3.63, 3.8) is 0 Å². The fourth-order valence-corrected chi connectivity index (χ4v) is 9.42. The fraction of sp³-hybridized carbons (Fsp3) is 0.444. The van der Waals surface area contributed by atoms with Gasteiger partial charge in [-0.1, -0.05) is 24.3 Å². The molecule has 1 spiro atoms. The van der Waals surface area contributed by atoms with Crippen molar-refractivity contribution in [1.29, 1.82) is 0 Å². The first-order chi connectivity index (χ1) is 29.0. The molecule has 0 radical (unpaired) electrons. The lowest BCUT2D eigenvalue weighted by molar-refractivity contribution is -0.120. The molecule has 7 N–H and O–H groups in total. The predicted octanol–water partition coefficient (Wildman–Crippen LogP) is 3.50. The Hall–Kier alpha value is -5.77. The van der Waals surface area contributed by atoms with Gasteiger partial charge in [-0.25, -0.2) is 4.79 Å². The summed E-state index contributed by atoms with van der Waals surface area (Å²) in [6.07, 6.45) is 4.93. The van der Waals surface area contributed by atoms with Gasteiger partial charge in [0.25, 0.3) is 11.8 Å². The van der Waals surface area contributed by atoms with Crippen LogP contribution in [0.25, 0.3) is 5.70 Å². The van der Waals surface area contributed by atoms with Crippen LogP contribution in [0.2, 0.25) is 0 Å². The van der Waals surface area contributed by atoms with E-state index in [2.05, 4.69) is 25.4 Å². The van der Waals surface area contributed by atoms with E-state index in [0.29, 0.717) is 60.4 Å². The number of benzene rings is 3. The molecule has 0 bridgehead atoms. The Morgan fingerprint density at radius 2 is 1.58 bits per heavy atom. The maximum Gasteiger partial charge on any atom is 0.328 e. The van der Waals surface area contributed by atoms with Gasteiger partial charge in [-0.3, -0.25) is 34.5 Å². The van der Waals surface area contributed by atoms with Crippen molar-refractivity contribution in [2.45, 2.75) is 57.2 Å². The highest BCUT2D eigenvalue weighted by atomic mass is 16.5. The number of carbonyl (C=O) groups is 4. The molecule has 3 aromatic rings. The third kappa shape index (κ3) is 9.18. The van der Waals surface area contributed by atoms with E-state index in [-0.39, 0.29) is 47.5 Å². The molecule has 60 heavy (non-hydrogen) atoms. The summed E-state index contributed by atoms with van der Waals surface area (Å²) in [5, 5.41) is 17.1. The van der Waals surface area contributed by atoms with Gasteiger partial charge in [-0.2, -0.15) is 0 Å². The zero-order valence-electron chi connectivity index (χ0n) is 33.9. The fourth-order valence-electron chi connectivity index (χ4n) is 9.42. The zero-order valence-corrected chi connectivity index (χ0v) is 33.9. The van der Waals surface area contributed by atoms with E-state index in [0.717, 1.165) is 70.6 Å². The summed E-state index contributed by atoms with van der Waals surface area (Å²) in [4.78, 5) is 62.8. The number of hydrogen-bond acceptors (Lipinski definition) is 11. The van der Waals surface area contributed by atoms with E-state index in [4.69, 9.17) is 16.2 Å². The van der Waals surface area contributed by atoms with Crippen molar-refractivity contribution in [1.82, 2.24) is 25.3 Å². The van der Waals surface area contributed by atoms with Crippen LogP contribution in [-0.2, 0) is 9.59 Å². The summed E-state index contributed by atoms with van der Waals surface area (Å²) in [6.45, 7) is 6.56. The van der Waals surface area contributed by atoms with E-state index in [1.54, 1.807) is 36.4 Å². The molecule has 5 amide bonds. The van der Waals surface area contributed by atoms with Crippen molar-refractivity contribution in [2.24, 2.45) is 27.8 Å². The number of ether oxygens (including phenoxy) is 1. The Balaban J connectivity index is 0.763. The van der Waals surface area contributed by atoms with E-state index in [1.165, 1.54) is 4.90 Å². The van der Waals surface area contributed by atoms with Crippen LogP contribution < -0.4 is 31.7 Å². The van der Waals surface area contributed by atoms with Crippen LogP contribution >= 0.6 is 0 Å². The maximum absolute atomic E-state index is 13.5. The van der Waals surface area contributed by atoms with Crippen molar-refractivity contribution in [2.75, 3.05) is 63.8 Å². The van der Waals surface area contributed by atoms with Crippen LogP contribution in [0, 0.1) is 11.3 Å². The Morgan fingerprint density at radius 3 is 2.28 bits per heavy atom. The molecular weight excluding hydrogens is 763 g/mol. The number of imide groups is 1. The summed E-state index contributed by atoms with van der Waals surface area (Å²) >= 11 is 0. The van der Waals surface area contributed by atoms with Gasteiger partial charge in [-0.05, 0) is 110 Å². The Morgan fingerprint density at radius 1 is 0.867 bits per heavy atom. The SMILES string of the molecule is NC(=O)C(C1=NCC[C@@H](C2CCN(C(O)CCN3CC4(CCN(C(=O)c5cccc(N6CCC(=O)NC6=O)c5)CC4)C3)CC2)N1)=C(N)c1ccc(Oc2ccccc2)cc1. The highest BCUT2D eigenvalue weighted by Gasteiger charge is 2.45. The number of nitrogens with zero attached hydrogens (tertiary/aromatic N) is 5. The van der Waals surface area contributed by atoms with Crippen molar-refractivity contribution in [3.05, 3.63) is 95.6 Å². The minimum Gasteiger partial charge on any atom is -0.457 e. The molecule has 2 atom stereocenters. The molecular formula is C45H55N9O6. The number of nitrogens with one attached hydrogen (secondary N) is 2. The van der Waals surface area contributed by atoms with E-state index < -0.39 is 18.2 Å². The molecule has 8 rings (SSSR count). The Bertz CT molecular complexity index is 2120. The number of anilines is 1. The molecule has 4 saturated heterocycles. The first kappa shape index (κ1) is 41.0. The molecule has 4 fully saturated rings. The lowest BCUT2D eigenvalue weighted by Gasteiger charge is -2.54. The van der Waals surface area contributed by atoms with E-state index in [9.17, 15) is 24.3 Å². The molecule has 5 aliphatic heterocycles. The van der Waals surface area contributed by atoms with E-state index >= 15 is 0 Å². The van der Waals surface area contributed by atoms with Crippen LogP contribution in [0.5, 0.6) is 11.5 Å². The number of aliphatic hydroxyl groups is 1. The predicted molar refractivity (Wildman–Crippen MR) is 228 cm³/mol. The van der Waals surface area contributed by atoms with Crippen LogP contribution in [-0.4, -0.2) is 121 Å². The molecule has 316 valence electrons. The van der Waals surface area contributed by atoms with Gasteiger partial charge in [-0.15, -0.1) is 0 Å². The second-order valence-corrected chi connectivity index (χ2v) is 16.8. The highest BCUT2D eigenvalue weighted by molar-refractivity contribution is 6.25. The number of carbonyl (C=O) groups excluding carboxylic acids is 4. The number of primary amides is 1. The summed E-state index contributed by atoms with van der Waals surface area (Å²) in [6, 6.07) is 23.4. The van der Waals surface area contributed by atoms with Crippen LogP contribution in [0.15, 0.2) is 89.4 Å². The summed E-state index contributed by atoms with van der Waals surface area (Å²) in [7, 11) is 0. The average molecular weight is 818 g/mol. The molecule has 1 unspecified atom stereocenters. The zero-order chi connectivity index (χ0) is 41.8. The quantitative estimate of drug-likeness (QED) is 0.169. The lowest BCUT2D eigenvalue weighted by atomic mass is 9.72. The summed E-state index contributed by atoms with van der Waals surface area (Å²) < 4.78 is 5.90. The smallest absolute Gasteiger partial charge is 0.328 e. The second-order valence-electron chi connectivity index (χ2n) is 16.8. The minimum atomic E-state index is -0.638. The van der Waals surface area contributed by atoms with Crippen molar-refractivity contribution < 1.29 is 29.0 Å². The Labute approximate surface area is 350 Å². The molecule has 3 aromatic carbocycles. The number of nitrogens with two attached hydrogens (primary N) is 2. The summed E-state index contributed by atoms with van der Waals surface area (Å²) in [5.41, 5.74) is 14.9. The standard InChI is InChI=1S/C45H55N9O6/c46-40(31-9-11-35(12-10-31)60-34-7-2-1-3-8-34)39(41(47)57)42-48-20-13-36(49-42)30-14-22-52(23-15-30)38(56)17-21-51-28-45(29-51)18-25-53(26-19-45)43(58)32-5-4-6-33(27-32)54-24-16-37(55)50-44(54)59/h1-12,27,30,36,38,56H,13-26,28-29,46H2,(H2,47,57)(H,48,49)(H,50,55,59)/t36-,38?/m0/s1. The molecule has 15 nitrogen and oxygen atoms in total.